The molecule has 0 aliphatic carbocycles. The van der Waals surface area contributed by atoms with E-state index in [1.807, 2.05) is 6.92 Å². The molecule has 0 spiro atoms. The van der Waals surface area contributed by atoms with Crippen molar-refractivity contribution in [3.05, 3.63) is 23.8 Å². The van der Waals surface area contributed by atoms with Crippen LogP contribution in [0.2, 0.25) is 0 Å². The molecule has 3 N–H and O–H groups in total. The second-order valence-electron chi connectivity index (χ2n) is 4.30. The number of phenolic OH excluding ortho intramolecular Hbond substituents is 2. The molecule has 1 atom stereocenters. The molecule has 98 valence electrons. The number of amides is 1. The Morgan fingerprint density at radius 3 is 2.78 bits per heavy atom. The molecule has 1 aromatic rings. The first-order valence-electron chi connectivity index (χ1n) is 5.74. The Labute approximate surface area is 105 Å². The third-order valence-electron chi connectivity index (χ3n) is 2.55. The second-order valence-corrected chi connectivity index (χ2v) is 4.30. The summed E-state index contributed by atoms with van der Waals surface area (Å²) in [5, 5.41) is 21.2. The van der Waals surface area contributed by atoms with Crippen LogP contribution in [0.3, 0.4) is 0 Å². The molecule has 0 heterocycles. The normalized spacial score (nSPS) is 11.8. The largest absolute Gasteiger partial charge is 0.508 e. The highest BCUT2D eigenvalue weighted by Gasteiger charge is 2.12. The number of nitrogens with one attached hydrogen (secondary N) is 1. The zero-order valence-corrected chi connectivity index (χ0v) is 10.2. The lowest BCUT2D eigenvalue weighted by Crippen LogP contribution is -2.27. The van der Waals surface area contributed by atoms with Crippen LogP contribution in [0.25, 0.3) is 0 Å². The summed E-state index contributed by atoms with van der Waals surface area (Å²) in [7, 11) is 0. The van der Waals surface area contributed by atoms with E-state index in [2.05, 4.69) is 5.32 Å². The summed E-state index contributed by atoms with van der Waals surface area (Å²) in [6.45, 7) is 1.91. The Morgan fingerprint density at radius 1 is 1.44 bits per heavy atom. The third-order valence-corrected chi connectivity index (χ3v) is 2.55. The van der Waals surface area contributed by atoms with Gasteiger partial charge in [-0.1, -0.05) is 13.0 Å². The predicted octanol–water partition coefficient (Wildman–Crippen LogP) is 0.982. The van der Waals surface area contributed by atoms with Gasteiger partial charge in [-0.2, -0.15) is 0 Å². The number of phenols is 2. The van der Waals surface area contributed by atoms with Crippen molar-refractivity contribution in [3.8, 4) is 11.5 Å². The Morgan fingerprint density at radius 2 is 2.17 bits per heavy atom. The van der Waals surface area contributed by atoms with E-state index in [0.717, 1.165) is 0 Å². The maximum Gasteiger partial charge on any atom is 0.220 e. The number of benzene rings is 1. The smallest absolute Gasteiger partial charge is 0.220 e. The van der Waals surface area contributed by atoms with Crippen LogP contribution in [0.15, 0.2) is 18.2 Å². The molecule has 0 aliphatic heterocycles. The SMILES string of the molecule is CC(CC(=O)NCC=O)Cc1ccc(O)cc1O. The molecule has 18 heavy (non-hydrogen) atoms. The molecular formula is C13H17NO4. The summed E-state index contributed by atoms with van der Waals surface area (Å²) in [5.74, 6) is -0.122. The molecule has 0 radical (unpaired) electrons. The maximum atomic E-state index is 11.4. The van der Waals surface area contributed by atoms with Gasteiger partial charge in [0.05, 0.1) is 6.54 Å². The Kier molecular flexibility index (Phi) is 5.17. The van der Waals surface area contributed by atoms with Crippen molar-refractivity contribution in [3.63, 3.8) is 0 Å². The van der Waals surface area contributed by atoms with Gasteiger partial charge in [-0.3, -0.25) is 4.79 Å². The van der Waals surface area contributed by atoms with Gasteiger partial charge in [0, 0.05) is 12.5 Å². The van der Waals surface area contributed by atoms with Crippen LogP contribution in [-0.4, -0.2) is 29.0 Å². The van der Waals surface area contributed by atoms with Gasteiger partial charge in [0.15, 0.2) is 0 Å². The first-order chi connectivity index (χ1) is 8.52. The molecule has 0 bridgehead atoms. The molecule has 0 aliphatic rings. The molecule has 0 saturated heterocycles. The fourth-order valence-corrected chi connectivity index (χ4v) is 1.72. The summed E-state index contributed by atoms with van der Waals surface area (Å²) >= 11 is 0. The molecule has 0 saturated carbocycles. The van der Waals surface area contributed by atoms with Crippen molar-refractivity contribution in [2.24, 2.45) is 5.92 Å². The lowest BCUT2D eigenvalue weighted by Gasteiger charge is -2.12. The second kappa shape index (κ2) is 6.64. The highest BCUT2D eigenvalue weighted by Crippen LogP contribution is 2.25. The number of carbonyl (C=O) groups excluding carboxylic acids is 2. The van der Waals surface area contributed by atoms with Crippen LogP contribution in [0.1, 0.15) is 18.9 Å². The van der Waals surface area contributed by atoms with E-state index in [0.29, 0.717) is 18.3 Å². The lowest BCUT2D eigenvalue weighted by atomic mass is 9.97. The summed E-state index contributed by atoms with van der Waals surface area (Å²) < 4.78 is 0. The number of hydrogen-bond donors (Lipinski definition) is 3. The van der Waals surface area contributed by atoms with Gasteiger partial charge in [-0.05, 0) is 24.0 Å². The standard InChI is InChI=1S/C13H17NO4/c1-9(7-13(18)14-4-5-15)6-10-2-3-11(16)8-12(10)17/h2-3,5,8-9,16-17H,4,6-7H2,1H3,(H,14,18). The zero-order chi connectivity index (χ0) is 13.5. The van der Waals surface area contributed by atoms with E-state index in [-0.39, 0.29) is 36.3 Å². The number of aromatic hydroxyl groups is 2. The lowest BCUT2D eigenvalue weighted by molar-refractivity contribution is -0.123. The van der Waals surface area contributed by atoms with Gasteiger partial charge >= 0.3 is 0 Å². The number of hydrogen-bond acceptors (Lipinski definition) is 4. The first-order valence-corrected chi connectivity index (χ1v) is 5.74. The molecule has 1 aromatic carbocycles. The zero-order valence-electron chi connectivity index (χ0n) is 10.2. The van der Waals surface area contributed by atoms with Gasteiger partial charge in [-0.25, -0.2) is 0 Å². The van der Waals surface area contributed by atoms with Crippen molar-refractivity contribution in [1.29, 1.82) is 0 Å². The van der Waals surface area contributed by atoms with E-state index < -0.39 is 0 Å². The predicted molar refractivity (Wildman–Crippen MR) is 66.3 cm³/mol. The minimum absolute atomic E-state index is 0.00706. The van der Waals surface area contributed by atoms with Crippen LogP contribution >= 0.6 is 0 Å². The van der Waals surface area contributed by atoms with Crippen LogP contribution in [-0.2, 0) is 16.0 Å². The van der Waals surface area contributed by atoms with Crippen LogP contribution in [0.4, 0.5) is 0 Å². The quantitative estimate of drug-likeness (QED) is 0.658. The summed E-state index contributed by atoms with van der Waals surface area (Å²) in [6, 6.07) is 4.40. The molecule has 0 aromatic heterocycles. The van der Waals surface area contributed by atoms with Crippen LogP contribution in [0.5, 0.6) is 11.5 Å². The van der Waals surface area contributed by atoms with Crippen molar-refractivity contribution in [1.82, 2.24) is 5.32 Å². The van der Waals surface area contributed by atoms with Crippen molar-refractivity contribution < 1.29 is 19.8 Å². The molecule has 1 rings (SSSR count). The van der Waals surface area contributed by atoms with Gasteiger partial charge in [-0.15, -0.1) is 0 Å². The van der Waals surface area contributed by atoms with E-state index in [1.165, 1.54) is 12.1 Å². The first kappa shape index (κ1) is 14.0. The van der Waals surface area contributed by atoms with Crippen molar-refractivity contribution in [2.75, 3.05) is 6.54 Å². The Balaban J connectivity index is 2.51. The fourth-order valence-electron chi connectivity index (χ4n) is 1.72. The molecular weight excluding hydrogens is 234 g/mol. The van der Waals surface area contributed by atoms with Gasteiger partial charge in [0.25, 0.3) is 0 Å². The molecule has 1 amide bonds. The van der Waals surface area contributed by atoms with E-state index >= 15 is 0 Å². The molecule has 1 unspecified atom stereocenters. The topological polar surface area (TPSA) is 86.6 Å². The summed E-state index contributed by atoms with van der Waals surface area (Å²) in [4.78, 5) is 21.5. The van der Waals surface area contributed by atoms with Gasteiger partial charge in [0.2, 0.25) is 5.91 Å². The molecule has 5 heteroatoms. The molecule has 5 nitrogen and oxygen atoms in total. The third kappa shape index (κ3) is 4.45. The van der Waals surface area contributed by atoms with Gasteiger partial charge in [0.1, 0.15) is 17.8 Å². The number of rotatable bonds is 6. The average molecular weight is 251 g/mol. The highest BCUT2D eigenvalue weighted by molar-refractivity contribution is 5.78. The Hall–Kier alpha value is -2.04. The maximum absolute atomic E-state index is 11.4. The minimum Gasteiger partial charge on any atom is -0.508 e. The Bertz CT molecular complexity index is 431. The van der Waals surface area contributed by atoms with Crippen molar-refractivity contribution in [2.45, 2.75) is 19.8 Å². The summed E-state index contributed by atoms with van der Waals surface area (Å²) in [6.07, 6.45) is 1.45. The average Bonchev–Trinajstić information content (AvgIpc) is 2.30. The number of carbonyl (C=O) groups is 2. The van der Waals surface area contributed by atoms with Crippen LogP contribution < -0.4 is 5.32 Å². The fraction of sp³-hybridized carbons (Fsp3) is 0.385. The monoisotopic (exact) mass is 251 g/mol. The van der Waals surface area contributed by atoms with Crippen molar-refractivity contribution >= 4 is 12.2 Å². The molecule has 0 fully saturated rings. The van der Waals surface area contributed by atoms with Gasteiger partial charge < -0.3 is 20.3 Å². The number of aldehydes is 1. The minimum atomic E-state index is -0.187. The van der Waals surface area contributed by atoms with E-state index in [9.17, 15) is 14.7 Å². The highest BCUT2D eigenvalue weighted by atomic mass is 16.3. The van der Waals surface area contributed by atoms with E-state index in [1.54, 1.807) is 6.07 Å². The van der Waals surface area contributed by atoms with E-state index in [4.69, 9.17) is 5.11 Å². The summed E-state index contributed by atoms with van der Waals surface area (Å²) in [5.41, 5.74) is 0.684. The van der Waals surface area contributed by atoms with Crippen LogP contribution in [0, 0.1) is 5.92 Å².